The first kappa shape index (κ1) is 60.6. The van der Waals surface area contributed by atoms with Gasteiger partial charge in [0, 0.05) is 77.3 Å². The topological polar surface area (TPSA) is 231 Å². The Morgan fingerprint density at radius 3 is 1.35 bits per heavy atom. The zero-order chi connectivity index (χ0) is 61.4. The van der Waals surface area contributed by atoms with Crippen LogP contribution in [-0.4, -0.2) is 124 Å². The van der Waals surface area contributed by atoms with Crippen molar-refractivity contribution in [1.82, 2.24) is 20.5 Å². The first-order chi connectivity index (χ1) is 40.5. The van der Waals surface area contributed by atoms with Gasteiger partial charge in [-0.05, 0) is 87.7 Å². The summed E-state index contributed by atoms with van der Waals surface area (Å²) in [5, 5.41) is 5.04. The molecule has 0 fully saturated rings. The minimum absolute atomic E-state index is 0.118. The molecule has 0 saturated heterocycles. The van der Waals surface area contributed by atoms with Crippen LogP contribution in [0, 0.1) is 0 Å². The number of H-pyrrole nitrogens is 2. The molecular weight excluding hydrogens is 1140 g/mol. The van der Waals surface area contributed by atoms with Gasteiger partial charge in [-0.3, -0.25) is 14.4 Å². The van der Waals surface area contributed by atoms with Crippen LogP contribution in [0.4, 0.5) is 21.0 Å². The molecule has 21 nitrogen and oxygen atoms in total. The number of carbonyl (C=O) groups is 5. The number of hydroxylamine groups is 3. The highest BCUT2D eigenvalue weighted by molar-refractivity contribution is 6.20. The Morgan fingerprint density at radius 1 is 0.553 bits per heavy atom. The lowest BCUT2D eigenvalue weighted by Crippen LogP contribution is -2.42. The van der Waals surface area contributed by atoms with Gasteiger partial charge in [0.25, 0.3) is 17.7 Å². The smallest absolute Gasteiger partial charge is 0.451 e. The predicted octanol–water partition coefficient (Wildman–Crippen LogP) is 12.6. The van der Waals surface area contributed by atoms with E-state index in [9.17, 15) is 24.0 Å². The van der Waals surface area contributed by atoms with Crippen LogP contribution in [0.2, 0.25) is 0 Å². The summed E-state index contributed by atoms with van der Waals surface area (Å²) in [6.07, 6.45) is -1.69. The van der Waals surface area contributed by atoms with Gasteiger partial charge < -0.3 is 67.3 Å². The van der Waals surface area contributed by atoms with Crippen LogP contribution >= 0.6 is 23.2 Å². The van der Waals surface area contributed by atoms with Gasteiger partial charge in [-0.1, -0.05) is 53.6 Å². The van der Waals surface area contributed by atoms with Crippen LogP contribution in [0.3, 0.4) is 0 Å². The molecule has 2 aromatic heterocycles. The van der Waals surface area contributed by atoms with Gasteiger partial charge in [0.2, 0.25) is 11.5 Å². The van der Waals surface area contributed by atoms with E-state index < -0.39 is 29.3 Å². The molecule has 0 bridgehead atoms. The van der Waals surface area contributed by atoms with Gasteiger partial charge in [-0.2, -0.15) is 5.48 Å². The summed E-state index contributed by atoms with van der Waals surface area (Å²) in [5.74, 6) is 2.13. The first-order valence-corrected chi connectivity index (χ1v) is 28.0. The van der Waals surface area contributed by atoms with Crippen molar-refractivity contribution in [2.45, 2.75) is 71.5 Å². The fraction of sp³-hybridized carbons (Fsp3) is 0.339. The summed E-state index contributed by atoms with van der Waals surface area (Å²) in [4.78, 5) is 87.3. The molecule has 2 aliphatic rings. The molecule has 2 atom stereocenters. The second kappa shape index (κ2) is 24.3. The minimum atomic E-state index is -0.959. The minimum Gasteiger partial charge on any atom is -0.493 e. The molecule has 23 heteroatoms. The van der Waals surface area contributed by atoms with E-state index in [0.29, 0.717) is 109 Å². The summed E-state index contributed by atoms with van der Waals surface area (Å²) in [6.45, 7) is 12.2. The quantitative estimate of drug-likeness (QED) is 0.0679. The molecule has 10 rings (SSSR count). The maximum atomic E-state index is 14.2. The molecule has 0 spiro atoms. The Balaban J connectivity index is 0.000000204. The Hall–Kier alpha value is -8.95. The number of halogens is 2. The van der Waals surface area contributed by atoms with Crippen molar-refractivity contribution < 1.29 is 71.5 Å². The SMILES string of the molecule is COc1cc2cc(C(=O)N3C[C@@H](CCl)c4c3cc(ON(C(C)=O)C(=O)OC(C)(C)C)c3ccccc43)[nH]c2c(OC)c1OC.COc1cc2cc(C(=O)N3C[C@@H](CCl)c4c3cc(ONC(=O)OC(C)(C)C)c3ccccc43)[nH]c2c(OC)c1OC. The normalized spacial score (nSPS) is 14.5. The molecule has 0 saturated carbocycles. The number of alkyl halides is 2. The van der Waals surface area contributed by atoms with Crippen LogP contribution < -0.4 is 53.4 Å². The Labute approximate surface area is 500 Å². The number of carbonyl (C=O) groups excluding carboxylic acids is 5. The lowest BCUT2D eigenvalue weighted by molar-refractivity contribution is -0.150. The number of aromatic amines is 2. The number of rotatable bonds is 14. The molecule has 2 aliphatic heterocycles. The third-order valence-electron chi connectivity index (χ3n) is 14.1. The number of anilines is 2. The summed E-state index contributed by atoms with van der Waals surface area (Å²) in [5.41, 5.74) is 5.60. The molecule has 0 radical (unpaired) electrons. The number of fused-ring (bicyclic) bond motifs is 8. The average Bonchev–Trinajstić information content (AvgIpc) is 2.65. The Morgan fingerprint density at radius 2 is 0.965 bits per heavy atom. The van der Waals surface area contributed by atoms with Crippen molar-refractivity contribution in [3.8, 4) is 46.0 Å². The number of hydrogen-bond donors (Lipinski definition) is 3. The van der Waals surface area contributed by atoms with Crippen LogP contribution in [0.25, 0.3) is 43.4 Å². The second-order valence-electron chi connectivity index (χ2n) is 21.9. The van der Waals surface area contributed by atoms with Gasteiger partial charge in [0.15, 0.2) is 34.5 Å². The molecule has 8 aromatic rings. The number of hydrogen-bond acceptors (Lipinski definition) is 15. The van der Waals surface area contributed by atoms with E-state index in [2.05, 4.69) is 15.4 Å². The van der Waals surface area contributed by atoms with E-state index in [1.54, 1.807) is 87.7 Å². The van der Waals surface area contributed by atoms with E-state index in [0.717, 1.165) is 32.7 Å². The van der Waals surface area contributed by atoms with E-state index >= 15 is 0 Å². The van der Waals surface area contributed by atoms with Crippen LogP contribution in [0.15, 0.2) is 84.9 Å². The number of nitrogens with one attached hydrogen (secondary N) is 3. The fourth-order valence-corrected chi connectivity index (χ4v) is 11.2. The summed E-state index contributed by atoms with van der Waals surface area (Å²) < 4.78 is 43.9. The lowest BCUT2D eigenvalue weighted by Gasteiger charge is -2.26. The monoisotopic (exact) mass is 1200 g/mol. The van der Waals surface area contributed by atoms with Crippen LogP contribution in [0.5, 0.6) is 46.0 Å². The number of methoxy groups -OCH3 is 6. The molecule has 0 aliphatic carbocycles. The standard InChI is InChI=1S/C32H34ClN3O8.C30H32ClN3O7/c1-17(37)36(31(39)43-32(2,3)4)44-24-14-23-26(21-11-9-8-10-20(21)24)19(15-33)16-35(23)30(38)22-12-18-13-25(40-5)28(41-6)29(42-7)27(18)34-22;1-30(2,3)40-29(36)33-41-22-13-21-24(19-10-8-7-9-18(19)22)17(14-31)15-34(21)28(35)20-11-16-12-23(37-4)26(38-5)27(39-6)25(16)32-20/h8-14,19,34H,15-16H2,1-7H3;7-13,17,32H,14-15H2,1-6H3,(H,33,36)/t19-;17-/m11/s1. The van der Waals surface area contributed by atoms with E-state index in [4.69, 9.17) is 70.8 Å². The van der Waals surface area contributed by atoms with Crippen molar-refractivity contribution in [1.29, 1.82) is 0 Å². The van der Waals surface area contributed by atoms with Gasteiger partial charge >= 0.3 is 12.2 Å². The van der Waals surface area contributed by atoms with E-state index in [-0.39, 0.29) is 35.3 Å². The Bertz CT molecular complexity index is 3920. The number of ether oxygens (including phenoxy) is 8. The first-order valence-electron chi connectivity index (χ1n) is 26.9. The van der Waals surface area contributed by atoms with Crippen molar-refractivity contribution >= 4 is 108 Å². The zero-order valence-electron chi connectivity index (χ0n) is 49.3. The second-order valence-corrected chi connectivity index (χ2v) is 22.5. The molecular formula is C62H66Cl2N6O15. The predicted molar refractivity (Wildman–Crippen MR) is 323 cm³/mol. The summed E-state index contributed by atoms with van der Waals surface area (Å²) >= 11 is 12.9. The van der Waals surface area contributed by atoms with Crippen LogP contribution in [-0.2, 0) is 14.3 Å². The molecule has 85 heavy (non-hydrogen) atoms. The molecule has 448 valence electrons. The highest BCUT2D eigenvalue weighted by atomic mass is 35.5. The third kappa shape index (κ3) is 11.8. The van der Waals surface area contributed by atoms with Crippen molar-refractivity contribution in [3.05, 3.63) is 107 Å². The van der Waals surface area contributed by atoms with Crippen LogP contribution in [0.1, 0.15) is 92.4 Å². The number of amides is 5. The highest BCUT2D eigenvalue weighted by Gasteiger charge is 2.39. The molecule has 0 unspecified atom stereocenters. The maximum absolute atomic E-state index is 14.2. The van der Waals surface area contributed by atoms with Crippen molar-refractivity contribution in [2.24, 2.45) is 0 Å². The van der Waals surface area contributed by atoms with E-state index in [1.165, 1.54) is 49.6 Å². The van der Waals surface area contributed by atoms with Gasteiger partial charge in [-0.15, -0.1) is 23.2 Å². The third-order valence-corrected chi connectivity index (χ3v) is 14.8. The maximum Gasteiger partial charge on any atom is 0.451 e. The molecule has 6 aromatic carbocycles. The lowest BCUT2D eigenvalue weighted by atomic mass is 9.95. The summed E-state index contributed by atoms with van der Waals surface area (Å²) in [7, 11) is 9.13. The zero-order valence-corrected chi connectivity index (χ0v) is 50.8. The summed E-state index contributed by atoms with van der Waals surface area (Å²) in [6, 6.07) is 25.4. The fourth-order valence-electron chi connectivity index (χ4n) is 10.7. The van der Waals surface area contributed by atoms with Gasteiger partial charge in [0.1, 0.15) is 22.6 Å². The largest absolute Gasteiger partial charge is 0.493 e. The molecule has 5 amide bonds. The number of nitrogens with zero attached hydrogens (tertiary/aromatic N) is 3. The van der Waals surface area contributed by atoms with Crippen molar-refractivity contribution in [2.75, 3.05) is 77.3 Å². The van der Waals surface area contributed by atoms with Gasteiger partial charge in [0.05, 0.1) is 65.1 Å². The Kier molecular flexibility index (Phi) is 17.4. The highest BCUT2D eigenvalue weighted by Crippen LogP contribution is 2.50. The number of aromatic nitrogens is 2. The molecule has 4 heterocycles. The molecule has 3 N–H and O–H groups in total. The van der Waals surface area contributed by atoms with Gasteiger partial charge in [-0.25, -0.2) is 9.59 Å². The van der Waals surface area contributed by atoms with Crippen molar-refractivity contribution in [3.63, 3.8) is 0 Å². The van der Waals surface area contributed by atoms with E-state index in [1.807, 2.05) is 48.5 Å². The number of imide groups is 1. The number of benzene rings is 6. The average molecular weight is 1210 g/mol.